The van der Waals surface area contributed by atoms with Crippen LogP contribution in [0.15, 0.2) is 33.9 Å². The maximum absolute atomic E-state index is 12.6. The molecule has 0 aliphatic carbocycles. The summed E-state index contributed by atoms with van der Waals surface area (Å²) < 4.78 is 9.14. The molecule has 4 rings (SSSR count). The van der Waals surface area contributed by atoms with Crippen LogP contribution in [-0.4, -0.2) is 44.4 Å². The largest absolute Gasteiger partial charge is 0.364 e. The molecular formula is C20H25ClN5O3+. The molecule has 0 spiro atoms. The Bertz CT molecular complexity index is 1140. The summed E-state index contributed by atoms with van der Waals surface area (Å²) in [4.78, 5) is 33.2. The summed E-state index contributed by atoms with van der Waals surface area (Å²) in [6.45, 7) is 6.99. The second kappa shape index (κ2) is 7.78. The van der Waals surface area contributed by atoms with Gasteiger partial charge in [0.15, 0.2) is 17.0 Å². The van der Waals surface area contributed by atoms with Crippen molar-refractivity contribution < 1.29 is 9.64 Å². The van der Waals surface area contributed by atoms with E-state index in [1.807, 2.05) is 28.8 Å². The number of rotatable bonds is 4. The van der Waals surface area contributed by atoms with E-state index in [-0.39, 0.29) is 12.2 Å². The van der Waals surface area contributed by atoms with Gasteiger partial charge in [0.2, 0.25) is 0 Å². The summed E-state index contributed by atoms with van der Waals surface area (Å²) in [5.41, 5.74) is 0.921. The van der Waals surface area contributed by atoms with Crippen molar-refractivity contribution in [3.63, 3.8) is 0 Å². The number of nitrogens with one attached hydrogen (secondary N) is 2. The molecule has 9 heteroatoms. The minimum atomic E-state index is -0.467. The van der Waals surface area contributed by atoms with Crippen LogP contribution in [0, 0.1) is 0 Å². The molecule has 0 amide bonds. The smallest absolute Gasteiger partial charge is 0.329 e. The minimum Gasteiger partial charge on any atom is -0.364 e. The lowest BCUT2D eigenvalue weighted by Gasteiger charge is -2.32. The number of fused-ring (bicyclic) bond motifs is 1. The molecule has 1 aromatic carbocycles. The number of imidazole rings is 1. The highest BCUT2D eigenvalue weighted by atomic mass is 35.5. The predicted molar refractivity (Wildman–Crippen MR) is 111 cm³/mol. The summed E-state index contributed by atoms with van der Waals surface area (Å²) >= 11 is 6.01. The SMILES string of the molecule is C[C@@H]1C[NH+](Cc2nc3c(c(=O)[nH]c(=O)n3C)n2Cc2ccc(Cl)cc2)C[C@H](C)O1. The molecular weight excluding hydrogens is 394 g/mol. The standard InChI is InChI=1S/C20H24ClN5O3/c1-12-8-25(9-13(2)29-12)11-16-22-18-17(19(27)23-20(28)24(18)3)26(16)10-14-4-6-15(21)7-5-14/h4-7,12-13H,8-11H2,1-3H3,(H,23,27,28)/p+1/t12-,13+. The normalized spacial score (nSPS) is 22.3. The zero-order chi connectivity index (χ0) is 20.7. The van der Waals surface area contributed by atoms with Gasteiger partial charge >= 0.3 is 5.69 Å². The predicted octanol–water partition coefficient (Wildman–Crippen LogP) is 0.317. The number of halogens is 1. The Morgan fingerprint density at radius 2 is 1.86 bits per heavy atom. The maximum atomic E-state index is 12.6. The van der Waals surface area contributed by atoms with Crippen LogP contribution in [-0.2, 0) is 24.9 Å². The lowest BCUT2D eigenvalue weighted by molar-refractivity contribution is -0.929. The van der Waals surface area contributed by atoms with E-state index in [1.165, 1.54) is 9.47 Å². The van der Waals surface area contributed by atoms with Crippen LogP contribution in [0.5, 0.6) is 0 Å². The van der Waals surface area contributed by atoms with Gasteiger partial charge in [-0.05, 0) is 31.5 Å². The van der Waals surface area contributed by atoms with Crippen LogP contribution in [0.3, 0.4) is 0 Å². The van der Waals surface area contributed by atoms with Crippen molar-refractivity contribution in [1.82, 2.24) is 19.1 Å². The quantitative estimate of drug-likeness (QED) is 0.638. The second-order valence-electron chi connectivity index (χ2n) is 7.82. The average molecular weight is 419 g/mol. The Kier molecular flexibility index (Phi) is 5.33. The Labute approximate surface area is 172 Å². The Morgan fingerprint density at radius 3 is 2.52 bits per heavy atom. The van der Waals surface area contributed by atoms with Crippen molar-refractivity contribution in [2.45, 2.75) is 39.1 Å². The molecule has 2 aromatic heterocycles. The lowest BCUT2D eigenvalue weighted by Crippen LogP contribution is -3.14. The number of hydrogen-bond acceptors (Lipinski definition) is 4. The number of H-pyrrole nitrogens is 1. The molecule has 3 atom stereocenters. The number of nitrogens with zero attached hydrogens (tertiary/aromatic N) is 3. The number of aromatic nitrogens is 4. The van der Waals surface area contributed by atoms with Crippen molar-refractivity contribution in [2.24, 2.45) is 7.05 Å². The van der Waals surface area contributed by atoms with Crippen LogP contribution in [0.2, 0.25) is 5.02 Å². The van der Waals surface area contributed by atoms with Gasteiger partial charge in [-0.1, -0.05) is 23.7 Å². The first kappa shape index (κ1) is 19.9. The highest BCUT2D eigenvalue weighted by Crippen LogP contribution is 2.16. The number of hydrogen-bond donors (Lipinski definition) is 2. The van der Waals surface area contributed by atoms with Crippen LogP contribution in [0.25, 0.3) is 11.2 Å². The van der Waals surface area contributed by atoms with E-state index < -0.39 is 11.2 Å². The fourth-order valence-corrected chi connectivity index (χ4v) is 4.24. The molecule has 1 saturated heterocycles. The third-order valence-electron chi connectivity index (χ3n) is 5.37. The van der Waals surface area contributed by atoms with Crippen molar-refractivity contribution in [3.05, 3.63) is 61.5 Å². The molecule has 3 aromatic rings. The first-order valence-corrected chi connectivity index (χ1v) is 10.1. The number of aromatic amines is 1. The topological polar surface area (TPSA) is 86.4 Å². The van der Waals surface area contributed by atoms with Gasteiger partial charge in [-0.25, -0.2) is 9.78 Å². The summed E-state index contributed by atoms with van der Waals surface area (Å²) in [6.07, 6.45) is 0.325. The average Bonchev–Trinajstić information content (AvgIpc) is 2.99. The van der Waals surface area contributed by atoms with E-state index in [0.717, 1.165) is 24.5 Å². The first-order chi connectivity index (χ1) is 13.8. The van der Waals surface area contributed by atoms with Gasteiger partial charge in [-0.3, -0.25) is 14.3 Å². The molecule has 1 aliphatic rings. The Morgan fingerprint density at radius 1 is 1.21 bits per heavy atom. The minimum absolute atomic E-state index is 0.163. The second-order valence-corrected chi connectivity index (χ2v) is 8.26. The zero-order valence-corrected chi connectivity index (χ0v) is 17.5. The first-order valence-electron chi connectivity index (χ1n) is 9.73. The van der Waals surface area contributed by atoms with Crippen LogP contribution in [0.4, 0.5) is 0 Å². The molecule has 1 unspecified atom stereocenters. The van der Waals surface area contributed by atoms with Gasteiger partial charge in [-0.15, -0.1) is 0 Å². The van der Waals surface area contributed by atoms with E-state index in [2.05, 4.69) is 18.8 Å². The Balaban J connectivity index is 1.80. The number of aryl methyl sites for hydroxylation is 1. The molecule has 1 aliphatic heterocycles. The fraction of sp³-hybridized carbons (Fsp3) is 0.450. The van der Waals surface area contributed by atoms with Crippen LogP contribution in [0.1, 0.15) is 25.2 Å². The Hall–Kier alpha value is -2.42. The summed E-state index contributed by atoms with van der Waals surface area (Å²) in [7, 11) is 1.62. The molecule has 0 radical (unpaired) electrons. The lowest BCUT2D eigenvalue weighted by atomic mass is 10.2. The third-order valence-corrected chi connectivity index (χ3v) is 5.62. The molecule has 3 heterocycles. The van der Waals surface area contributed by atoms with Gasteiger partial charge in [0, 0.05) is 18.6 Å². The van der Waals surface area contributed by atoms with E-state index >= 15 is 0 Å². The van der Waals surface area contributed by atoms with Crippen LogP contribution < -0.4 is 16.1 Å². The molecule has 8 nitrogen and oxygen atoms in total. The monoisotopic (exact) mass is 418 g/mol. The van der Waals surface area contributed by atoms with Crippen LogP contribution >= 0.6 is 11.6 Å². The van der Waals surface area contributed by atoms with Gasteiger partial charge in [0.25, 0.3) is 5.56 Å². The summed E-state index contributed by atoms with van der Waals surface area (Å²) in [6, 6.07) is 7.51. The zero-order valence-electron chi connectivity index (χ0n) is 16.7. The highest BCUT2D eigenvalue weighted by molar-refractivity contribution is 6.30. The summed E-state index contributed by atoms with van der Waals surface area (Å²) in [5.74, 6) is 0.776. The van der Waals surface area contributed by atoms with Crippen molar-refractivity contribution in [3.8, 4) is 0 Å². The van der Waals surface area contributed by atoms with Crippen molar-refractivity contribution >= 4 is 22.8 Å². The van der Waals surface area contributed by atoms with E-state index in [1.54, 1.807) is 7.05 Å². The molecule has 0 saturated carbocycles. The fourth-order valence-electron chi connectivity index (χ4n) is 4.11. The maximum Gasteiger partial charge on any atom is 0.329 e. The van der Waals surface area contributed by atoms with Gasteiger partial charge < -0.3 is 14.2 Å². The van der Waals surface area contributed by atoms with E-state index in [9.17, 15) is 9.59 Å². The van der Waals surface area contributed by atoms with Crippen molar-refractivity contribution in [1.29, 1.82) is 0 Å². The van der Waals surface area contributed by atoms with Gasteiger partial charge in [-0.2, -0.15) is 0 Å². The number of quaternary nitrogens is 1. The molecule has 1 fully saturated rings. The number of ether oxygens (including phenoxy) is 1. The summed E-state index contributed by atoms with van der Waals surface area (Å²) in [5, 5.41) is 0.658. The molecule has 0 bridgehead atoms. The van der Waals surface area contributed by atoms with Gasteiger partial charge in [0.05, 0.1) is 0 Å². The highest BCUT2D eigenvalue weighted by Gasteiger charge is 2.28. The molecule has 154 valence electrons. The number of morpholine rings is 1. The van der Waals surface area contributed by atoms with Gasteiger partial charge in [0.1, 0.15) is 31.8 Å². The molecule has 2 N–H and O–H groups in total. The molecule has 29 heavy (non-hydrogen) atoms. The van der Waals surface area contributed by atoms with E-state index in [4.69, 9.17) is 21.3 Å². The third kappa shape index (κ3) is 4.01. The van der Waals surface area contributed by atoms with Crippen molar-refractivity contribution in [2.75, 3.05) is 13.1 Å². The van der Waals surface area contributed by atoms with E-state index in [0.29, 0.717) is 29.3 Å². The number of benzene rings is 1.